The summed E-state index contributed by atoms with van der Waals surface area (Å²) < 4.78 is 2.17. The third kappa shape index (κ3) is 3.15. The number of hydrogen-bond donors (Lipinski definition) is 1. The van der Waals surface area contributed by atoms with Crippen LogP contribution in [0.2, 0.25) is 0 Å². The molecule has 0 bridgehead atoms. The summed E-state index contributed by atoms with van der Waals surface area (Å²) in [6.07, 6.45) is 6.51. The molecular formula is C15H21N3O3. The summed E-state index contributed by atoms with van der Waals surface area (Å²) in [5, 5.41) is 2.87. The van der Waals surface area contributed by atoms with Crippen LogP contribution in [0.1, 0.15) is 43.1 Å². The molecule has 0 aromatic carbocycles. The Kier molecular flexibility index (Phi) is 4.45. The van der Waals surface area contributed by atoms with Crippen LogP contribution >= 0.6 is 0 Å². The second-order valence-electron chi connectivity index (χ2n) is 5.49. The highest BCUT2D eigenvalue weighted by Gasteiger charge is 2.18. The van der Waals surface area contributed by atoms with E-state index in [4.69, 9.17) is 0 Å². The second kappa shape index (κ2) is 6.11. The minimum absolute atomic E-state index is 0.0861. The number of rotatable bonds is 3. The molecule has 0 saturated heterocycles. The highest BCUT2D eigenvalue weighted by Crippen LogP contribution is 2.20. The molecule has 1 aliphatic carbocycles. The summed E-state index contributed by atoms with van der Waals surface area (Å²) in [4.78, 5) is 35.8. The van der Waals surface area contributed by atoms with Gasteiger partial charge in [-0.2, -0.15) is 0 Å². The molecule has 6 heteroatoms. The van der Waals surface area contributed by atoms with Gasteiger partial charge in [-0.05, 0) is 32.6 Å². The van der Waals surface area contributed by atoms with Crippen molar-refractivity contribution in [3.05, 3.63) is 44.2 Å². The molecule has 1 amide bonds. The van der Waals surface area contributed by atoms with Crippen molar-refractivity contribution in [2.45, 2.75) is 38.6 Å². The Labute approximate surface area is 123 Å². The topological polar surface area (TPSA) is 73.1 Å². The Morgan fingerprint density at radius 2 is 1.95 bits per heavy atom. The number of nitrogens with zero attached hydrogens (tertiary/aromatic N) is 2. The molecule has 6 nitrogen and oxygen atoms in total. The number of hydrogen-bond acceptors (Lipinski definition) is 3. The Morgan fingerprint density at radius 3 is 2.57 bits per heavy atom. The molecule has 0 fully saturated rings. The van der Waals surface area contributed by atoms with Gasteiger partial charge in [0.05, 0.1) is 0 Å². The molecule has 2 rings (SSSR count). The fraction of sp³-hybridized carbons (Fsp3) is 0.533. The number of carbonyl (C=O) groups excluding carboxylic acids is 1. The molecule has 1 N–H and O–H groups in total. The normalized spacial score (nSPS) is 16.2. The van der Waals surface area contributed by atoms with Gasteiger partial charge in [-0.1, -0.05) is 11.6 Å². The fourth-order valence-corrected chi connectivity index (χ4v) is 2.57. The Morgan fingerprint density at radius 1 is 1.24 bits per heavy atom. The third-order valence-corrected chi connectivity index (χ3v) is 3.99. The van der Waals surface area contributed by atoms with Crippen molar-refractivity contribution in [2.75, 3.05) is 0 Å². The molecular weight excluding hydrogens is 270 g/mol. The predicted octanol–water partition coefficient (Wildman–Crippen LogP) is 0.703. The maximum absolute atomic E-state index is 12.3. The van der Waals surface area contributed by atoms with Gasteiger partial charge in [0, 0.05) is 26.2 Å². The lowest BCUT2D eigenvalue weighted by molar-refractivity contribution is 0.0934. The van der Waals surface area contributed by atoms with Crippen LogP contribution in [0.4, 0.5) is 0 Å². The Hall–Kier alpha value is -2.11. The molecule has 114 valence electrons. The zero-order valence-corrected chi connectivity index (χ0v) is 12.7. The lowest BCUT2D eigenvalue weighted by Gasteiger charge is -2.21. The van der Waals surface area contributed by atoms with E-state index in [1.807, 2.05) is 6.92 Å². The minimum atomic E-state index is -0.503. The highest BCUT2D eigenvalue weighted by molar-refractivity contribution is 5.92. The smallest absolute Gasteiger partial charge is 0.331 e. The first-order valence-electron chi connectivity index (χ1n) is 7.18. The van der Waals surface area contributed by atoms with Crippen LogP contribution in [-0.4, -0.2) is 21.1 Å². The Balaban J connectivity index is 2.23. The average Bonchev–Trinajstić information content (AvgIpc) is 2.49. The number of aromatic nitrogens is 2. The van der Waals surface area contributed by atoms with Crippen LogP contribution in [0.25, 0.3) is 0 Å². The van der Waals surface area contributed by atoms with E-state index >= 15 is 0 Å². The first kappa shape index (κ1) is 15.3. The van der Waals surface area contributed by atoms with Crippen molar-refractivity contribution < 1.29 is 4.79 Å². The number of allylic oxidation sites excluding steroid dienone is 1. The van der Waals surface area contributed by atoms with E-state index < -0.39 is 17.2 Å². The molecule has 1 aliphatic rings. The van der Waals surface area contributed by atoms with Crippen molar-refractivity contribution >= 4 is 5.91 Å². The van der Waals surface area contributed by atoms with Crippen molar-refractivity contribution in [1.82, 2.24) is 14.5 Å². The zero-order valence-electron chi connectivity index (χ0n) is 12.7. The molecule has 0 aliphatic heterocycles. The van der Waals surface area contributed by atoms with Crippen LogP contribution < -0.4 is 16.6 Å². The van der Waals surface area contributed by atoms with Gasteiger partial charge in [-0.3, -0.25) is 18.7 Å². The van der Waals surface area contributed by atoms with Crippen LogP contribution in [0.5, 0.6) is 0 Å². The SMILES string of the molecule is CC(NC(=O)c1cc(=O)n(C)c(=O)n1C)C1=CCCCC1. The summed E-state index contributed by atoms with van der Waals surface area (Å²) in [6.45, 7) is 1.92. The van der Waals surface area contributed by atoms with Crippen molar-refractivity contribution in [2.24, 2.45) is 14.1 Å². The van der Waals surface area contributed by atoms with E-state index in [2.05, 4.69) is 11.4 Å². The van der Waals surface area contributed by atoms with Crippen molar-refractivity contribution in [1.29, 1.82) is 0 Å². The van der Waals surface area contributed by atoms with Crippen molar-refractivity contribution in [3.63, 3.8) is 0 Å². The fourth-order valence-electron chi connectivity index (χ4n) is 2.57. The largest absolute Gasteiger partial charge is 0.345 e. The molecule has 1 atom stereocenters. The molecule has 21 heavy (non-hydrogen) atoms. The third-order valence-electron chi connectivity index (χ3n) is 3.99. The van der Waals surface area contributed by atoms with E-state index in [9.17, 15) is 14.4 Å². The second-order valence-corrected chi connectivity index (χ2v) is 5.49. The number of nitrogens with one attached hydrogen (secondary N) is 1. The lowest BCUT2D eigenvalue weighted by atomic mass is 9.95. The molecule has 0 spiro atoms. The molecule has 1 aromatic rings. The van der Waals surface area contributed by atoms with Gasteiger partial charge in [0.1, 0.15) is 5.69 Å². The molecule has 0 saturated carbocycles. The standard InChI is InChI=1S/C15H21N3O3/c1-10(11-7-5-4-6-8-11)16-14(20)12-9-13(19)18(3)15(21)17(12)2/h7,9-10H,4-6,8H2,1-3H3,(H,16,20). The van der Waals surface area contributed by atoms with Gasteiger partial charge in [-0.15, -0.1) is 0 Å². The predicted molar refractivity (Wildman–Crippen MR) is 80.4 cm³/mol. The van der Waals surface area contributed by atoms with Crippen LogP contribution in [-0.2, 0) is 14.1 Å². The molecule has 1 aromatic heterocycles. The van der Waals surface area contributed by atoms with Gasteiger partial charge in [0.15, 0.2) is 0 Å². The van der Waals surface area contributed by atoms with E-state index in [0.717, 1.165) is 23.8 Å². The van der Waals surface area contributed by atoms with Gasteiger partial charge in [-0.25, -0.2) is 4.79 Å². The summed E-state index contributed by atoms with van der Waals surface area (Å²) >= 11 is 0. The highest BCUT2D eigenvalue weighted by atomic mass is 16.2. The van der Waals surface area contributed by atoms with Crippen molar-refractivity contribution in [3.8, 4) is 0 Å². The molecule has 1 heterocycles. The van der Waals surface area contributed by atoms with Gasteiger partial charge in [0.25, 0.3) is 11.5 Å². The van der Waals surface area contributed by atoms with E-state index in [1.54, 1.807) is 0 Å². The summed E-state index contributed by atoms with van der Waals surface area (Å²) in [6, 6.07) is 1.11. The summed E-state index contributed by atoms with van der Waals surface area (Å²) in [7, 11) is 2.88. The zero-order chi connectivity index (χ0) is 15.6. The molecule has 1 unspecified atom stereocenters. The summed E-state index contributed by atoms with van der Waals surface area (Å²) in [5.74, 6) is -0.397. The monoisotopic (exact) mass is 291 g/mol. The first-order chi connectivity index (χ1) is 9.91. The van der Waals surface area contributed by atoms with Crippen LogP contribution in [0.3, 0.4) is 0 Å². The minimum Gasteiger partial charge on any atom is -0.345 e. The van der Waals surface area contributed by atoms with Gasteiger partial charge >= 0.3 is 5.69 Å². The lowest BCUT2D eigenvalue weighted by Crippen LogP contribution is -2.43. The maximum atomic E-state index is 12.3. The van der Waals surface area contributed by atoms with Crippen LogP contribution in [0.15, 0.2) is 27.3 Å². The van der Waals surface area contributed by atoms with E-state index in [-0.39, 0.29) is 11.7 Å². The first-order valence-corrected chi connectivity index (χ1v) is 7.18. The maximum Gasteiger partial charge on any atom is 0.331 e. The van der Waals surface area contributed by atoms with E-state index in [0.29, 0.717) is 0 Å². The number of carbonyl (C=O) groups is 1. The Bertz CT molecular complexity index is 697. The van der Waals surface area contributed by atoms with Gasteiger partial charge < -0.3 is 5.32 Å². The average molecular weight is 291 g/mol. The van der Waals surface area contributed by atoms with Crippen LogP contribution in [0, 0.1) is 0 Å². The van der Waals surface area contributed by atoms with Gasteiger partial charge in [0.2, 0.25) is 0 Å². The molecule has 0 radical (unpaired) electrons. The van der Waals surface area contributed by atoms with E-state index in [1.165, 1.54) is 36.7 Å². The summed E-state index contributed by atoms with van der Waals surface area (Å²) in [5.41, 5.74) is 0.319. The quantitative estimate of drug-likeness (QED) is 0.833. The number of amides is 1.